The van der Waals surface area contributed by atoms with Crippen molar-refractivity contribution in [3.63, 3.8) is 0 Å². The summed E-state index contributed by atoms with van der Waals surface area (Å²) < 4.78 is 4.81. The second-order valence-electron chi connectivity index (χ2n) is 5.80. The van der Waals surface area contributed by atoms with Gasteiger partial charge in [-0.25, -0.2) is 0 Å². The summed E-state index contributed by atoms with van der Waals surface area (Å²) in [6.07, 6.45) is 0. The van der Waals surface area contributed by atoms with Crippen molar-refractivity contribution in [1.82, 2.24) is 9.80 Å². The first kappa shape index (κ1) is 17.7. The highest BCUT2D eigenvalue weighted by molar-refractivity contribution is 6.22. The molecule has 1 aliphatic heterocycles. The summed E-state index contributed by atoms with van der Waals surface area (Å²) in [5.41, 5.74) is 0.745. The van der Waals surface area contributed by atoms with Crippen molar-refractivity contribution < 1.29 is 23.9 Å². The molecule has 0 aliphatic carbocycles. The first-order valence-electron chi connectivity index (χ1n) is 7.71. The van der Waals surface area contributed by atoms with Gasteiger partial charge in [0, 0.05) is 18.7 Å². The summed E-state index contributed by atoms with van der Waals surface area (Å²) in [6, 6.07) is 4.10. The first-order chi connectivity index (χ1) is 11.3. The number of likely N-dealkylation sites (N-methyl/N-ethyl adjacent to an activating group) is 1. The molecule has 0 bridgehead atoms. The van der Waals surface area contributed by atoms with Crippen LogP contribution >= 0.6 is 0 Å². The minimum atomic E-state index is -0.508. The minimum absolute atomic E-state index is 0.186. The summed E-state index contributed by atoms with van der Waals surface area (Å²) in [5.74, 6) is -1.70. The molecule has 7 nitrogen and oxygen atoms in total. The monoisotopic (exact) mass is 332 g/mol. The lowest BCUT2D eigenvalue weighted by molar-refractivity contribution is -0.143. The van der Waals surface area contributed by atoms with Gasteiger partial charge < -0.3 is 9.64 Å². The third-order valence-corrected chi connectivity index (χ3v) is 3.70. The van der Waals surface area contributed by atoms with Crippen molar-refractivity contribution in [2.75, 3.05) is 20.2 Å². The molecule has 3 amide bonds. The maximum atomic E-state index is 12.4. The third kappa shape index (κ3) is 3.15. The predicted octanol–water partition coefficient (Wildman–Crippen LogP) is 1.33. The highest BCUT2D eigenvalue weighted by atomic mass is 16.5. The van der Waals surface area contributed by atoms with Crippen LogP contribution in [0.5, 0.6) is 0 Å². The van der Waals surface area contributed by atoms with E-state index >= 15 is 0 Å². The van der Waals surface area contributed by atoms with Crippen molar-refractivity contribution in [1.29, 1.82) is 0 Å². The van der Waals surface area contributed by atoms with Crippen LogP contribution in [0.15, 0.2) is 18.2 Å². The highest BCUT2D eigenvalue weighted by Crippen LogP contribution is 2.26. The first-order valence-corrected chi connectivity index (χ1v) is 7.71. The molecular weight excluding hydrogens is 312 g/mol. The van der Waals surface area contributed by atoms with E-state index in [1.54, 1.807) is 20.8 Å². The molecule has 2 rings (SSSR count). The molecule has 0 fully saturated rings. The van der Waals surface area contributed by atoms with Gasteiger partial charge in [0.25, 0.3) is 17.7 Å². The fourth-order valence-electron chi connectivity index (χ4n) is 2.55. The zero-order chi connectivity index (χ0) is 18.0. The van der Waals surface area contributed by atoms with Crippen molar-refractivity contribution in [2.24, 2.45) is 0 Å². The number of ether oxygens (including phenoxy) is 1. The molecule has 0 N–H and O–H groups in total. The Bertz CT molecular complexity index is 711. The lowest BCUT2D eigenvalue weighted by Gasteiger charge is -2.17. The average Bonchev–Trinajstić information content (AvgIpc) is 2.77. The molecule has 128 valence electrons. The van der Waals surface area contributed by atoms with E-state index in [4.69, 9.17) is 4.74 Å². The van der Waals surface area contributed by atoms with Crippen molar-refractivity contribution >= 4 is 23.7 Å². The Morgan fingerprint density at radius 1 is 1.17 bits per heavy atom. The third-order valence-electron chi connectivity index (χ3n) is 3.70. The fraction of sp³-hybridized carbons (Fsp3) is 0.412. The number of esters is 1. The number of fused-ring (bicyclic) bond motifs is 1. The van der Waals surface area contributed by atoms with E-state index in [1.165, 1.54) is 35.0 Å². The number of carbonyl (C=O) groups is 4. The Hall–Kier alpha value is -2.70. The number of benzene rings is 1. The Kier molecular flexibility index (Phi) is 5.02. The number of amides is 3. The number of hydrogen-bond acceptors (Lipinski definition) is 5. The van der Waals surface area contributed by atoms with E-state index in [0.29, 0.717) is 5.56 Å². The molecule has 0 saturated carbocycles. The predicted molar refractivity (Wildman–Crippen MR) is 85.7 cm³/mol. The summed E-state index contributed by atoms with van der Waals surface area (Å²) in [5, 5.41) is 0. The van der Waals surface area contributed by atoms with Gasteiger partial charge in [0.15, 0.2) is 0 Å². The largest absolute Gasteiger partial charge is 0.465 e. The molecule has 0 saturated heterocycles. The number of carbonyl (C=O) groups excluding carboxylic acids is 4. The van der Waals surface area contributed by atoms with Crippen molar-refractivity contribution in [2.45, 2.75) is 26.8 Å². The highest BCUT2D eigenvalue weighted by Gasteiger charge is 2.37. The van der Waals surface area contributed by atoms with Crippen LogP contribution in [0.2, 0.25) is 0 Å². The zero-order valence-corrected chi connectivity index (χ0v) is 14.2. The van der Waals surface area contributed by atoms with E-state index in [1.807, 2.05) is 0 Å². The van der Waals surface area contributed by atoms with E-state index < -0.39 is 17.8 Å². The zero-order valence-electron chi connectivity index (χ0n) is 14.2. The Morgan fingerprint density at radius 2 is 1.79 bits per heavy atom. The minimum Gasteiger partial charge on any atom is -0.465 e. The quantitative estimate of drug-likeness (QED) is 0.600. The molecule has 0 atom stereocenters. The van der Waals surface area contributed by atoms with Gasteiger partial charge in [-0.15, -0.1) is 0 Å². The molecule has 0 spiro atoms. The molecule has 1 aliphatic rings. The fourth-order valence-corrected chi connectivity index (χ4v) is 2.55. The molecule has 1 aromatic carbocycles. The standard InChI is InChI=1S/C17H20N2O5/c1-5-24-14(20)9-18(4)15(21)11-6-7-12-13(8-11)17(23)19(10(2)3)16(12)22/h6-8,10H,5,9H2,1-4H3. The Morgan fingerprint density at radius 3 is 2.38 bits per heavy atom. The molecule has 1 heterocycles. The Labute approximate surface area is 140 Å². The topological polar surface area (TPSA) is 84.0 Å². The second kappa shape index (κ2) is 6.82. The van der Waals surface area contributed by atoms with Crippen LogP contribution in [0, 0.1) is 0 Å². The number of rotatable bonds is 5. The van der Waals surface area contributed by atoms with Crippen LogP contribution in [0.25, 0.3) is 0 Å². The van der Waals surface area contributed by atoms with Gasteiger partial charge in [0.05, 0.1) is 17.7 Å². The number of nitrogens with zero attached hydrogens (tertiary/aromatic N) is 2. The van der Waals surface area contributed by atoms with Gasteiger partial charge in [-0.2, -0.15) is 0 Å². The molecule has 24 heavy (non-hydrogen) atoms. The van der Waals surface area contributed by atoms with Crippen LogP contribution in [0.4, 0.5) is 0 Å². The maximum absolute atomic E-state index is 12.4. The molecule has 0 aromatic heterocycles. The SMILES string of the molecule is CCOC(=O)CN(C)C(=O)c1ccc2c(c1)C(=O)N(C(C)C)C2=O. The van der Waals surface area contributed by atoms with E-state index in [-0.39, 0.29) is 36.2 Å². The van der Waals surface area contributed by atoms with Gasteiger partial charge in [0.1, 0.15) is 6.54 Å². The maximum Gasteiger partial charge on any atom is 0.325 e. The second-order valence-corrected chi connectivity index (χ2v) is 5.80. The van der Waals surface area contributed by atoms with Gasteiger partial charge in [-0.05, 0) is 39.0 Å². The molecular formula is C17H20N2O5. The average molecular weight is 332 g/mol. The van der Waals surface area contributed by atoms with Crippen LogP contribution in [-0.2, 0) is 9.53 Å². The lowest BCUT2D eigenvalue weighted by atomic mass is 10.0. The van der Waals surface area contributed by atoms with E-state index in [9.17, 15) is 19.2 Å². The van der Waals surface area contributed by atoms with Gasteiger partial charge in [-0.1, -0.05) is 0 Å². The van der Waals surface area contributed by atoms with Crippen molar-refractivity contribution in [3.05, 3.63) is 34.9 Å². The van der Waals surface area contributed by atoms with Gasteiger partial charge in [0.2, 0.25) is 0 Å². The molecule has 7 heteroatoms. The van der Waals surface area contributed by atoms with Gasteiger partial charge in [-0.3, -0.25) is 24.1 Å². The molecule has 1 aromatic rings. The Balaban J connectivity index is 2.24. The van der Waals surface area contributed by atoms with E-state index in [0.717, 1.165) is 0 Å². The number of imide groups is 1. The molecule has 0 unspecified atom stereocenters. The van der Waals surface area contributed by atoms with Crippen LogP contribution in [-0.4, -0.2) is 59.7 Å². The lowest BCUT2D eigenvalue weighted by Crippen LogP contribution is -2.36. The molecule has 0 radical (unpaired) electrons. The summed E-state index contributed by atoms with van der Waals surface area (Å²) in [6.45, 7) is 5.24. The van der Waals surface area contributed by atoms with Crippen LogP contribution in [0.1, 0.15) is 51.8 Å². The van der Waals surface area contributed by atoms with E-state index in [2.05, 4.69) is 0 Å². The van der Waals surface area contributed by atoms with Crippen LogP contribution in [0.3, 0.4) is 0 Å². The normalized spacial score (nSPS) is 13.3. The number of hydrogen-bond donors (Lipinski definition) is 0. The summed E-state index contributed by atoms with van der Waals surface area (Å²) in [7, 11) is 1.47. The summed E-state index contributed by atoms with van der Waals surface area (Å²) in [4.78, 5) is 50.8. The van der Waals surface area contributed by atoms with Crippen LogP contribution < -0.4 is 0 Å². The van der Waals surface area contributed by atoms with Gasteiger partial charge >= 0.3 is 5.97 Å². The summed E-state index contributed by atoms with van der Waals surface area (Å²) >= 11 is 0. The smallest absolute Gasteiger partial charge is 0.325 e. The van der Waals surface area contributed by atoms with Crippen molar-refractivity contribution in [3.8, 4) is 0 Å².